The summed E-state index contributed by atoms with van der Waals surface area (Å²) in [6.45, 7) is 5.03. The first-order chi connectivity index (χ1) is 16.0. The molecule has 0 aromatic heterocycles. The maximum Gasteiger partial charge on any atom is 0.472 e. The highest BCUT2D eigenvalue weighted by Gasteiger charge is 2.30. The largest absolute Gasteiger partial charge is 0.472 e. The van der Waals surface area contributed by atoms with Crippen molar-refractivity contribution in [2.75, 3.05) is 59.5 Å². The molecule has 0 bridgehead atoms. The van der Waals surface area contributed by atoms with Crippen LogP contribution in [0.15, 0.2) is 0 Å². The number of quaternary nitrogens is 1. The van der Waals surface area contributed by atoms with Gasteiger partial charge in [0, 0.05) is 12.9 Å². The molecule has 0 spiro atoms. The molecule has 8 heteroatoms. The first-order valence-electron chi connectivity index (χ1n) is 13.6. The minimum Gasteiger partial charge on any atom is -0.375 e. The van der Waals surface area contributed by atoms with Crippen LogP contribution in [0, 0.1) is 0 Å². The second kappa shape index (κ2) is 20.4. The molecule has 206 valence electrons. The van der Waals surface area contributed by atoms with Crippen LogP contribution in [0.25, 0.3) is 0 Å². The number of likely N-dealkylation sites (N-methyl/N-ethyl adjacent to an activating group) is 1. The Bertz CT molecular complexity index is 518. The number of methoxy groups -OCH3 is 1. The van der Waals surface area contributed by atoms with Gasteiger partial charge in [0.2, 0.25) is 0 Å². The highest BCUT2D eigenvalue weighted by Crippen LogP contribution is 2.44. The molecule has 0 radical (unpaired) electrons. The summed E-state index contributed by atoms with van der Waals surface area (Å²) in [6, 6.07) is 0. The van der Waals surface area contributed by atoms with Gasteiger partial charge in [-0.15, -0.1) is 0 Å². The van der Waals surface area contributed by atoms with Gasteiger partial charge in [-0.2, -0.15) is 11.8 Å². The third kappa shape index (κ3) is 22.8. The lowest BCUT2D eigenvalue weighted by Crippen LogP contribution is -2.38. The molecule has 0 heterocycles. The Kier molecular flexibility index (Phi) is 20.7. The summed E-state index contributed by atoms with van der Waals surface area (Å²) in [5, 5.41) is 0. The predicted molar refractivity (Wildman–Crippen MR) is 148 cm³/mol. The van der Waals surface area contributed by atoms with Crippen LogP contribution >= 0.6 is 19.6 Å². The fourth-order valence-electron chi connectivity index (χ4n) is 3.53. The number of phosphoric acid groups is 1. The Labute approximate surface area is 216 Å². The molecule has 34 heavy (non-hydrogen) atoms. The van der Waals surface area contributed by atoms with Gasteiger partial charge in [-0.25, -0.2) is 4.57 Å². The van der Waals surface area contributed by atoms with Crippen molar-refractivity contribution in [3.8, 4) is 0 Å². The van der Waals surface area contributed by atoms with Gasteiger partial charge in [-0.05, 0) is 19.1 Å². The van der Waals surface area contributed by atoms with E-state index >= 15 is 0 Å². The number of thioether (sulfide) groups is 1. The van der Waals surface area contributed by atoms with E-state index in [2.05, 4.69) is 6.92 Å². The van der Waals surface area contributed by atoms with Gasteiger partial charge in [-0.3, -0.25) is 9.05 Å². The molecule has 0 aliphatic heterocycles. The van der Waals surface area contributed by atoms with Crippen molar-refractivity contribution in [1.82, 2.24) is 0 Å². The average molecular weight is 527 g/mol. The smallest absolute Gasteiger partial charge is 0.375 e. The molecule has 0 amide bonds. The van der Waals surface area contributed by atoms with Gasteiger partial charge >= 0.3 is 7.82 Å². The van der Waals surface area contributed by atoms with E-state index in [0.29, 0.717) is 11.0 Å². The van der Waals surface area contributed by atoms with E-state index in [0.717, 1.165) is 11.5 Å². The van der Waals surface area contributed by atoms with Crippen LogP contribution in [0.2, 0.25) is 0 Å². The van der Waals surface area contributed by atoms with Crippen molar-refractivity contribution in [2.45, 2.75) is 109 Å². The molecule has 2 atom stereocenters. The molecule has 0 aromatic carbocycles. The molecule has 6 nitrogen and oxygen atoms in total. The quantitative estimate of drug-likeness (QED) is 0.0757. The fourth-order valence-corrected chi connectivity index (χ4v) is 5.54. The summed E-state index contributed by atoms with van der Waals surface area (Å²) >= 11 is 1.82. The minimum atomic E-state index is -4.06. The van der Waals surface area contributed by atoms with Gasteiger partial charge in [0.25, 0.3) is 0 Å². The number of phosphoric ester groups is 1. The summed E-state index contributed by atoms with van der Waals surface area (Å²) < 4.78 is 28.7. The Morgan fingerprint density at radius 3 is 1.74 bits per heavy atom. The lowest BCUT2D eigenvalue weighted by Gasteiger charge is -2.28. The predicted octanol–water partition coefficient (Wildman–Crippen LogP) is 7.45. The van der Waals surface area contributed by atoms with E-state index in [1.54, 1.807) is 7.11 Å². The van der Waals surface area contributed by atoms with Crippen molar-refractivity contribution in [2.24, 2.45) is 0 Å². The maximum absolute atomic E-state index is 12.1. The van der Waals surface area contributed by atoms with E-state index in [1.165, 1.54) is 89.9 Å². The van der Waals surface area contributed by atoms with Crippen LogP contribution < -0.4 is 0 Å². The van der Waals surface area contributed by atoms with E-state index in [-0.39, 0.29) is 13.2 Å². The van der Waals surface area contributed by atoms with Gasteiger partial charge < -0.3 is 14.1 Å². The fraction of sp³-hybridized carbons (Fsp3) is 1.00. The molecular formula is C26H57NO5PS+. The number of hydrogen-bond donors (Lipinski definition) is 1. The summed E-state index contributed by atoms with van der Waals surface area (Å²) in [7, 11) is 3.57. The Morgan fingerprint density at radius 2 is 1.29 bits per heavy atom. The number of hydrogen-bond acceptors (Lipinski definition) is 5. The van der Waals surface area contributed by atoms with Gasteiger partial charge in [0.15, 0.2) is 0 Å². The maximum atomic E-state index is 12.1. The molecule has 2 unspecified atom stereocenters. The molecule has 0 aliphatic rings. The SMILES string of the molecule is CCCCCCCCCCCCCCCCSCC(C)(COP(=O)(O)OCC[N+](C)(C)C)OC. The zero-order valence-corrected chi connectivity index (χ0v) is 25.0. The monoisotopic (exact) mass is 526 g/mol. The van der Waals surface area contributed by atoms with Crippen molar-refractivity contribution >= 4 is 19.6 Å². The summed E-state index contributed by atoms with van der Waals surface area (Å²) in [6.07, 6.45) is 19.2. The third-order valence-electron chi connectivity index (χ3n) is 6.09. The van der Waals surface area contributed by atoms with Gasteiger partial charge in [0.05, 0.1) is 33.4 Å². The van der Waals surface area contributed by atoms with Crippen LogP contribution in [0.1, 0.15) is 104 Å². The highest BCUT2D eigenvalue weighted by molar-refractivity contribution is 7.99. The Hall–Kier alpha value is 0.380. The van der Waals surface area contributed by atoms with E-state index in [1.807, 2.05) is 39.8 Å². The normalized spacial score (nSPS) is 15.9. The molecule has 0 saturated carbocycles. The van der Waals surface area contributed by atoms with Crippen LogP contribution in [-0.4, -0.2) is 74.5 Å². The highest BCUT2D eigenvalue weighted by atomic mass is 32.2. The average Bonchev–Trinajstić information content (AvgIpc) is 2.76. The number of rotatable bonds is 25. The zero-order valence-electron chi connectivity index (χ0n) is 23.3. The van der Waals surface area contributed by atoms with Crippen molar-refractivity contribution in [3.63, 3.8) is 0 Å². The second-order valence-corrected chi connectivity index (χ2v) is 13.5. The third-order valence-corrected chi connectivity index (χ3v) is 8.45. The van der Waals surface area contributed by atoms with Crippen LogP contribution in [0.3, 0.4) is 0 Å². The number of ether oxygens (including phenoxy) is 1. The Morgan fingerprint density at radius 1 is 0.824 bits per heavy atom. The first kappa shape index (κ1) is 34.4. The van der Waals surface area contributed by atoms with Crippen LogP contribution in [-0.2, 0) is 18.3 Å². The molecular weight excluding hydrogens is 469 g/mol. The van der Waals surface area contributed by atoms with Gasteiger partial charge in [0.1, 0.15) is 13.2 Å². The lowest BCUT2D eigenvalue weighted by molar-refractivity contribution is -0.870. The summed E-state index contributed by atoms with van der Waals surface area (Å²) in [5.74, 6) is 1.80. The van der Waals surface area contributed by atoms with Gasteiger partial charge in [-0.1, -0.05) is 90.4 Å². The second-order valence-electron chi connectivity index (χ2n) is 10.9. The van der Waals surface area contributed by atoms with E-state index in [4.69, 9.17) is 13.8 Å². The summed E-state index contributed by atoms with van der Waals surface area (Å²) in [5.41, 5.74) is -0.609. The molecule has 0 saturated heterocycles. The molecule has 0 aliphatic carbocycles. The van der Waals surface area contributed by atoms with Crippen LogP contribution in [0.5, 0.6) is 0 Å². The van der Waals surface area contributed by atoms with E-state index in [9.17, 15) is 9.46 Å². The van der Waals surface area contributed by atoms with E-state index < -0.39 is 13.4 Å². The lowest BCUT2D eigenvalue weighted by atomic mass is 10.0. The standard InChI is InChI=1S/C26H56NO5PS/c1-7-8-9-10-11-12-13-14-15-16-17-18-19-20-23-34-25-26(2,30-6)24-32-33(28,29)31-22-21-27(3,4)5/h7-25H2,1-6H3/p+1. The number of unbranched alkanes of at least 4 members (excludes halogenated alkanes) is 13. The first-order valence-corrected chi connectivity index (χ1v) is 16.2. The minimum absolute atomic E-state index is 0.0351. The molecule has 0 rings (SSSR count). The topological polar surface area (TPSA) is 65.0 Å². The van der Waals surface area contributed by atoms with Crippen LogP contribution in [0.4, 0.5) is 0 Å². The number of nitrogens with zero attached hydrogens (tertiary/aromatic N) is 1. The zero-order chi connectivity index (χ0) is 25.8. The molecule has 0 aromatic rings. The Balaban J connectivity index is 3.69. The molecule has 0 fully saturated rings. The van der Waals surface area contributed by atoms with Crippen molar-refractivity contribution in [3.05, 3.63) is 0 Å². The summed E-state index contributed by atoms with van der Waals surface area (Å²) in [4.78, 5) is 9.92. The van der Waals surface area contributed by atoms with Crippen molar-refractivity contribution < 1.29 is 27.7 Å². The molecule has 1 N–H and O–H groups in total. The van der Waals surface area contributed by atoms with Crippen molar-refractivity contribution in [1.29, 1.82) is 0 Å².